The van der Waals surface area contributed by atoms with Crippen LogP contribution in [0.5, 0.6) is 11.5 Å². The van der Waals surface area contributed by atoms with E-state index in [1.807, 2.05) is 0 Å². The fraction of sp³-hybridized carbons (Fsp3) is 0. The van der Waals surface area contributed by atoms with E-state index >= 15 is 0 Å². The normalized spacial score (nSPS) is 11.3. The molecule has 0 aliphatic rings. The number of hydrogen-bond acceptors (Lipinski definition) is 3. The second-order valence-electron chi connectivity index (χ2n) is 3.72. The summed E-state index contributed by atoms with van der Waals surface area (Å²) in [4.78, 5) is -0.0136. The molecule has 0 aliphatic heterocycles. The Morgan fingerprint density at radius 3 is 2.21 bits per heavy atom. The van der Waals surface area contributed by atoms with Crippen molar-refractivity contribution in [2.24, 2.45) is 5.14 Å². The highest BCUT2D eigenvalue weighted by atomic mass is 79.9. The van der Waals surface area contributed by atoms with E-state index in [1.54, 1.807) is 6.07 Å². The molecular formula is C12H9BrFNO3S. The van der Waals surface area contributed by atoms with E-state index in [2.05, 4.69) is 15.9 Å². The Bertz CT molecular complexity index is 681. The molecule has 2 aromatic carbocycles. The van der Waals surface area contributed by atoms with Crippen LogP contribution in [-0.4, -0.2) is 8.42 Å². The van der Waals surface area contributed by atoms with Gasteiger partial charge >= 0.3 is 0 Å². The number of hydrogen-bond donors (Lipinski definition) is 1. The first-order valence-electron chi connectivity index (χ1n) is 5.11. The summed E-state index contributed by atoms with van der Waals surface area (Å²) in [5, 5.41) is 4.97. The number of halogens is 2. The lowest BCUT2D eigenvalue weighted by Gasteiger charge is -2.07. The van der Waals surface area contributed by atoms with Crippen LogP contribution in [0.3, 0.4) is 0 Å². The smallest absolute Gasteiger partial charge is 0.238 e. The number of benzene rings is 2. The Morgan fingerprint density at radius 2 is 1.68 bits per heavy atom. The topological polar surface area (TPSA) is 69.4 Å². The maximum Gasteiger partial charge on any atom is 0.238 e. The molecule has 0 amide bonds. The maximum absolute atomic E-state index is 13.1. The molecule has 0 spiro atoms. The Morgan fingerprint density at radius 1 is 1.05 bits per heavy atom. The van der Waals surface area contributed by atoms with Crippen molar-refractivity contribution >= 4 is 26.0 Å². The summed E-state index contributed by atoms with van der Waals surface area (Å²) in [6, 6.07) is 9.64. The lowest BCUT2D eigenvalue weighted by molar-refractivity contribution is 0.476. The second kappa shape index (κ2) is 5.28. The molecule has 0 saturated carbocycles. The first-order chi connectivity index (χ1) is 8.84. The van der Waals surface area contributed by atoms with Crippen molar-refractivity contribution in [1.29, 1.82) is 0 Å². The van der Waals surface area contributed by atoms with Gasteiger partial charge in [0.15, 0.2) is 0 Å². The fourth-order valence-electron chi connectivity index (χ4n) is 1.42. The molecule has 0 fully saturated rings. The van der Waals surface area contributed by atoms with Crippen molar-refractivity contribution in [3.63, 3.8) is 0 Å². The second-order valence-corrected chi connectivity index (χ2v) is 6.20. The van der Waals surface area contributed by atoms with Gasteiger partial charge in [-0.3, -0.25) is 0 Å². The third-order valence-electron chi connectivity index (χ3n) is 2.22. The Balaban J connectivity index is 2.24. The monoisotopic (exact) mass is 345 g/mol. The van der Waals surface area contributed by atoms with Gasteiger partial charge in [0.1, 0.15) is 17.3 Å². The molecule has 4 nitrogen and oxygen atoms in total. The molecular weight excluding hydrogens is 337 g/mol. The van der Waals surface area contributed by atoms with Gasteiger partial charge < -0.3 is 4.74 Å². The van der Waals surface area contributed by atoms with Gasteiger partial charge in [-0.25, -0.2) is 17.9 Å². The third kappa shape index (κ3) is 3.76. The van der Waals surface area contributed by atoms with Crippen molar-refractivity contribution < 1.29 is 17.5 Å². The van der Waals surface area contributed by atoms with Crippen LogP contribution in [0.2, 0.25) is 0 Å². The maximum atomic E-state index is 13.1. The van der Waals surface area contributed by atoms with Crippen LogP contribution in [0.1, 0.15) is 0 Å². The molecule has 7 heteroatoms. The largest absolute Gasteiger partial charge is 0.457 e. The minimum absolute atomic E-state index is 0.0136. The zero-order valence-electron chi connectivity index (χ0n) is 9.51. The van der Waals surface area contributed by atoms with Crippen molar-refractivity contribution in [2.45, 2.75) is 4.90 Å². The molecule has 0 unspecified atom stereocenters. The molecule has 2 N–H and O–H groups in total. The molecule has 0 heterocycles. The lowest BCUT2D eigenvalue weighted by Crippen LogP contribution is -2.11. The van der Waals surface area contributed by atoms with Gasteiger partial charge in [0.05, 0.1) is 4.90 Å². The number of sulfonamides is 1. The Kier molecular flexibility index (Phi) is 3.88. The van der Waals surface area contributed by atoms with Gasteiger partial charge in [-0.1, -0.05) is 15.9 Å². The highest BCUT2D eigenvalue weighted by Crippen LogP contribution is 2.26. The predicted molar refractivity (Wildman–Crippen MR) is 72.0 cm³/mol. The minimum atomic E-state index is -3.73. The summed E-state index contributed by atoms with van der Waals surface area (Å²) in [6.07, 6.45) is 0. The van der Waals surface area contributed by atoms with Crippen LogP contribution < -0.4 is 9.88 Å². The van der Waals surface area contributed by atoms with Gasteiger partial charge in [0, 0.05) is 10.5 Å². The predicted octanol–water partition coefficient (Wildman–Crippen LogP) is 3.03. The molecule has 0 aromatic heterocycles. The molecule has 0 atom stereocenters. The van der Waals surface area contributed by atoms with Crippen molar-refractivity contribution in [1.82, 2.24) is 0 Å². The van der Waals surface area contributed by atoms with Crippen LogP contribution in [0.4, 0.5) is 4.39 Å². The number of primary sulfonamides is 1. The van der Waals surface area contributed by atoms with Crippen molar-refractivity contribution in [3.8, 4) is 11.5 Å². The Hall–Kier alpha value is -1.44. The fourth-order valence-corrected chi connectivity index (χ4v) is 2.38. The number of ether oxygens (including phenoxy) is 1. The highest BCUT2D eigenvalue weighted by molar-refractivity contribution is 9.10. The molecule has 0 bridgehead atoms. The molecule has 2 aromatic rings. The summed E-state index contributed by atoms with van der Waals surface area (Å²) >= 11 is 3.15. The standard InChI is InChI=1S/C12H9BrFNO3S/c13-8-5-9(14)7-11(6-8)18-10-1-3-12(4-2-10)19(15,16)17/h1-7H,(H2,15,16,17). The zero-order chi connectivity index (χ0) is 14.0. The van der Waals surface area contributed by atoms with E-state index in [-0.39, 0.29) is 4.90 Å². The SMILES string of the molecule is NS(=O)(=O)c1ccc(Oc2cc(F)cc(Br)c2)cc1. The quantitative estimate of drug-likeness (QED) is 0.929. The van der Waals surface area contributed by atoms with Crippen molar-refractivity contribution in [2.75, 3.05) is 0 Å². The van der Waals surface area contributed by atoms with E-state index in [0.29, 0.717) is 16.0 Å². The van der Waals surface area contributed by atoms with Crippen molar-refractivity contribution in [3.05, 3.63) is 52.8 Å². The summed E-state index contributed by atoms with van der Waals surface area (Å²) in [5.74, 6) is 0.241. The number of nitrogens with two attached hydrogens (primary N) is 1. The van der Waals surface area contributed by atoms with Gasteiger partial charge in [0.25, 0.3) is 0 Å². The van der Waals surface area contributed by atoms with E-state index in [1.165, 1.54) is 36.4 Å². The minimum Gasteiger partial charge on any atom is -0.457 e. The van der Waals surface area contributed by atoms with E-state index < -0.39 is 15.8 Å². The lowest BCUT2D eigenvalue weighted by atomic mass is 10.3. The van der Waals surface area contributed by atoms with Gasteiger partial charge in [-0.15, -0.1) is 0 Å². The van der Waals surface area contributed by atoms with E-state index in [9.17, 15) is 12.8 Å². The molecule has 2 rings (SSSR count). The van der Waals surface area contributed by atoms with Gasteiger partial charge in [-0.05, 0) is 36.4 Å². The molecule has 19 heavy (non-hydrogen) atoms. The van der Waals surface area contributed by atoms with Crippen LogP contribution in [0.15, 0.2) is 51.8 Å². The Labute approximate surface area is 118 Å². The summed E-state index contributed by atoms with van der Waals surface area (Å²) in [6.45, 7) is 0. The van der Waals surface area contributed by atoms with Gasteiger partial charge in [-0.2, -0.15) is 0 Å². The zero-order valence-corrected chi connectivity index (χ0v) is 11.9. The highest BCUT2D eigenvalue weighted by Gasteiger charge is 2.08. The average Bonchev–Trinajstić information content (AvgIpc) is 2.26. The van der Waals surface area contributed by atoms with Crippen LogP contribution in [0, 0.1) is 5.82 Å². The molecule has 0 saturated heterocycles. The van der Waals surface area contributed by atoms with E-state index in [4.69, 9.17) is 9.88 Å². The average molecular weight is 346 g/mol. The molecule has 0 radical (unpaired) electrons. The summed E-state index contributed by atoms with van der Waals surface area (Å²) < 4.78 is 41.2. The van der Waals surface area contributed by atoms with Crippen LogP contribution in [-0.2, 0) is 10.0 Å². The molecule has 0 aliphatic carbocycles. The third-order valence-corrected chi connectivity index (χ3v) is 3.61. The van der Waals surface area contributed by atoms with E-state index in [0.717, 1.165) is 0 Å². The van der Waals surface area contributed by atoms with Crippen LogP contribution >= 0.6 is 15.9 Å². The summed E-state index contributed by atoms with van der Waals surface area (Å²) in [5.41, 5.74) is 0. The van der Waals surface area contributed by atoms with Gasteiger partial charge in [0.2, 0.25) is 10.0 Å². The molecule has 100 valence electrons. The first kappa shape index (κ1) is 14.0. The van der Waals surface area contributed by atoms with Crippen LogP contribution in [0.25, 0.3) is 0 Å². The first-order valence-corrected chi connectivity index (χ1v) is 7.45. The summed E-state index contributed by atoms with van der Waals surface area (Å²) in [7, 11) is -3.73. The number of rotatable bonds is 3.